The topological polar surface area (TPSA) is 84.1 Å². The monoisotopic (exact) mass is 377 g/mol. The van der Waals surface area contributed by atoms with Crippen LogP contribution in [0.3, 0.4) is 0 Å². The Morgan fingerprint density at radius 1 is 1.30 bits per heavy atom. The number of rotatable bonds is 6. The van der Waals surface area contributed by atoms with Gasteiger partial charge in [-0.25, -0.2) is 0 Å². The average Bonchev–Trinajstić information content (AvgIpc) is 3.34. The zero-order valence-corrected chi connectivity index (χ0v) is 13.9. The number of amides is 1. The first kappa shape index (κ1) is 15.7. The normalized spacial score (nSPS) is 13.6. The number of benzene rings is 1. The number of halogens is 1. The van der Waals surface area contributed by atoms with Crippen LogP contribution in [0.25, 0.3) is 0 Å². The fourth-order valence-electron chi connectivity index (χ4n) is 2.16. The van der Waals surface area contributed by atoms with Gasteiger partial charge in [-0.05, 0) is 34.3 Å². The molecule has 0 aliphatic heterocycles. The van der Waals surface area contributed by atoms with Crippen LogP contribution in [-0.2, 0) is 16.1 Å². The summed E-state index contributed by atoms with van der Waals surface area (Å²) < 4.78 is 5.78. The molecule has 7 heteroatoms. The molecule has 3 rings (SSSR count). The minimum atomic E-state index is -0.490. The van der Waals surface area contributed by atoms with Crippen LogP contribution in [0.5, 0.6) is 0 Å². The summed E-state index contributed by atoms with van der Waals surface area (Å²) in [6.45, 7) is -0.00278. The third-order valence-corrected chi connectivity index (χ3v) is 4.37. The number of esters is 1. The third-order valence-electron chi connectivity index (χ3n) is 3.57. The largest absolute Gasteiger partial charge is 0.460 e. The van der Waals surface area contributed by atoms with Gasteiger partial charge in [-0.15, -0.1) is 0 Å². The summed E-state index contributed by atoms with van der Waals surface area (Å²) in [5, 5.41) is 9.41. The Bertz CT molecular complexity index is 711. The second-order valence-electron chi connectivity index (χ2n) is 5.40. The van der Waals surface area contributed by atoms with Crippen molar-refractivity contribution >= 4 is 27.8 Å². The molecule has 1 amide bonds. The number of nitrogens with one attached hydrogen (secondary N) is 2. The van der Waals surface area contributed by atoms with Gasteiger partial charge < -0.3 is 10.1 Å². The van der Waals surface area contributed by atoms with Crippen molar-refractivity contribution in [1.29, 1.82) is 0 Å². The third kappa shape index (κ3) is 3.98. The number of carbonyl (C=O) groups is 2. The van der Waals surface area contributed by atoms with Gasteiger partial charge in [-0.1, -0.05) is 30.3 Å². The highest BCUT2D eigenvalue weighted by Crippen LogP contribution is 2.42. The summed E-state index contributed by atoms with van der Waals surface area (Å²) in [5.74, 6) is -0.442. The maximum Gasteiger partial charge on any atom is 0.325 e. The van der Waals surface area contributed by atoms with Gasteiger partial charge in [0.15, 0.2) is 5.69 Å². The molecule has 2 aromatic rings. The van der Waals surface area contributed by atoms with E-state index in [0.29, 0.717) is 10.4 Å². The molecule has 0 bridgehead atoms. The number of aromatic amines is 1. The summed E-state index contributed by atoms with van der Waals surface area (Å²) in [6.07, 6.45) is 2.21. The van der Waals surface area contributed by atoms with Gasteiger partial charge in [0, 0.05) is 5.92 Å². The van der Waals surface area contributed by atoms with Crippen molar-refractivity contribution in [3.63, 3.8) is 0 Å². The molecular formula is C16H16BrN3O3. The maximum atomic E-state index is 12.1. The Morgan fingerprint density at radius 3 is 2.74 bits per heavy atom. The lowest BCUT2D eigenvalue weighted by Gasteiger charge is -2.06. The highest BCUT2D eigenvalue weighted by molar-refractivity contribution is 9.10. The van der Waals surface area contributed by atoms with Crippen LogP contribution in [0.1, 0.15) is 40.5 Å². The van der Waals surface area contributed by atoms with E-state index < -0.39 is 11.9 Å². The van der Waals surface area contributed by atoms with Gasteiger partial charge in [-0.3, -0.25) is 14.7 Å². The summed E-state index contributed by atoms with van der Waals surface area (Å²) in [5.41, 5.74) is 2.11. The molecule has 0 radical (unpaired) electrons. The van der Waals surface area contributed by atoms with E-state index in [4.69, 9.17) is 4.74 Å². The molecule has 23 heavy (non-hydrogen) atoms. The predicted octanol–water partition coefficient (Wildman–Crippen LogP) is 2.52. The van der Waals surface area contributed by atoms with Crippen LogP contribution in [0.15, 0.2) is 34.8 Å². The number of H-pyrrole nitrogens is 1. The van der Waals surface area contributed by atoms with E-state index in [1.807, 2.05) is 30.3 Å². The second kappa shape index (κ2) is 6.95. The van der Waals surface area contributed by atoms with Gasteiger partial charge >= 0.3 is 5.97 Å². The molecule has 0 spiro atoms. The van der Waals surface area contributed by atoms with E-state index in [0.717, 1.165) is 24.1 Å². The summed E-state index contributed by atoms with van der Waals surface area (Å²) >= 11 is 3.39. The van der Waals surface area contributed by atoms with Crippen LogP contribution in [-0.4, -0.2) is 28.6 Å². The fourth-order valence-corrected chi connectivity index (χ4v) is 2.84. The lowest BCUT2D eigenvalue weighted by molar-refractivity contribution is -0.143. The van der Waals surface area contributed by atoms with E-state index in [-0.39, 0.29) is 18.8 Å². The zero-order chi connectivity index (χ0) is 16.2. The Labute approximate surface area is 141 Å². The molecule has 0 unspecified atom stereocenters. The quantitative estimate of drug-likeness (QED) is 0.757. The van der Waals surface area contributed by atoms with E-state index in [2.05, 4.69) is 31.4 Å². The van der Waals surface area contributed by atoms with Crippen molar-refractivity contribution in [2.45, 2.75) is 25.4 Å². The molecule has 1 fully saturated rings. The molecule has 0 atom stereocenters. The second-order valence-corrected chi connectivity index (χ2v) is 6.20. The van der Waals surface area contributed by atoms with E-state index in [1.165, 1.54) is 0 Å². The minimum absolute atomic E-state index is 0.188. The first-order valence-corrected chi connectivity index (χ1v) is 8.16. The molecule has 1 heterocycles. The summed E-state index contributed by atoms with van der Waals surface area (Å²) in [7, 11) is 0. The van der Waals surface area contributed by atoms with Gasteiger partial charge in [0.1, 0.15) is 13.2 Å². The molecule has 1 aromatic heterocycles. The van der Waals surface area contributed by atoms with Crippen molar-refractivity contribution in [3.8, 4) is 0 Å². The first-order chi connectivity index (χ1) is 11.1. The van der Waals surface area contributed by atoms with Crippen molar-refractivity contribution in [2.24, 2.45) is 0 Å². The highest BCUT2D eigenvalue weighted by Gasteiger charge is 2.30. The Hall–Kier alpha value is -2.15. The molecule has 2 N–H and O–H groups in total. The van der Waals surface area contributed by atoms with Gasteiger partial charge in [0.25, 0.3) is 5.91 Å². The summed E-state index contributed by atoms with van der Waals surface area (Å²) in [4.78, 5) is 23.8. The smallest absolute Gasteiger partial charge is 0.325 e. The van der Waals surface area contributed by atoms with Gasteiger partial charge in [-0.2, -0.15) is 5.10 Å². The lowest BCUT2D eigenvalue weighted by atomic mass is 10.2. The number of hydrogen-bond donors (Lipinski definition) is 2. The SMILES string of the molecule is O=C(CNC(=O)c1n[nH]c(C2CC2)c1Br)OCc1ccccc1. The number of nitrogens with zero attached hydrogens (tertiary/aromatic N) is 1. The molecular weight excluding hydrogens is 362 g/mol. The molecule has 1 aliphatic carbocycles. The van der Waals surface area contributed by atoms with Gasteiger partial charge in [0.05, 0.1) is 10.2 Å². The van der Waals surface area contributed by atoms with Gasteiger partial charge in [0.2, 0.25) is 0 Å². The van der Waals surface area contributed by atoms with Crippen LogP contribution in [0.4, 0.5) is 0 Å². The number of ether oxygens (including phenoxy) is 1. The number of hydrogen-bond acceptors (Lipinski definition) is 4. The molecule has 6 nitrogen and oxygen atoms in total. The van der Waals surface area contributed by atoms with Crippen molar-refractivity contribution in [2.75, 3.05) is 6.54 Å². The highest BCUT2D eigenvalue weighted by atomic mass is 79.9. The number of aromatic nitrogens is 2. The Balaban J connectivity index is 1.47. The lowest BCUT2D eigenvalue weighted by Crippen LogP contribution is -2.31. The van der Waals surface area contributed by atoms with Crippen molar-refractivity contribution < 1.29 is 14.3 Å². The van der Waals surface area contributed by atoms with E-state index in [9.17, 15) is 9.59 Å². The van der Waals surface area contributed by atoms with Crippen molar-refractivity contribution in [1.82, 2.24) is 15.5 Å². The average molecular weight is 378 g/mol. The molecule has 120 valence electrons. The van der Waals surface area contributed by atoms with Crippen LogP contribution >= 0.6 is 15.9 Å². The standard InChI is InChI=1S/C16H16BrN3O3/c17-13-14(11-6-7-11)19-20-15(13)16(22)18-8-12(21)23-9-10-4-2-1-3-5-10/h1-5,11H,6-9H2,(H,18,22)(H,19,20). The Kier molecular flexibility index (Phi) is 4.76. The fraction of sp³-hybridized carbons (Fsp3) is 0.312. The van der Waals surface area contributed by atoms with Crippen LogP contribution in [0.2, 0.25) is 0 Å². The van der Waals surface area contributed by atoms with Crippen molar-refractivity contribution in [3.05, 3.63) is 51.8 Å². The van der Waals surface area contributed by atoms with E-state index in [1.54, 1.807) is 0 Å². The molecule has 0 saturated heterocycles. The van der Waals surface area contributed by atoms with E-state index >= 15 is 0 Å². The maximum absolute atomic E-state index is 12.1. The van der Waals surface area contributed by atoms with Crippen LogP contribution in [0, 0.1) is 0 Å². The zero-order valence-electron chi connectivity index (χ0n) is 12.3. The Morgan fingerprint density at radius 2 is 2.04 bits per heavy atom. The molecule has 1 aliphatic rings. The van der Waals surface area contributed by atoms with Crippen LogP contribution < -0.4 is 5.32 Å². The number of carbonyl (C=O) groups excluding carboxylic acids is 2. The minimum Gasteiger partial charge on any atom is -0.460 e. The molecule has 1 aromatic carbocycles. The first-order valence-electron chi connectivity index (χ1n) is 7.36. The molecule has 1 saturated carbocycles. The summed E-state index contributed by atoms with van der Waals surface area (Å²) in [6, 6.07) is 9.37. The predicted molar refractivity (Wildman–Crippen MR) is 86.8 cm³/mol.